The van der Waals surface area contributed by atoms with Gasteiger partial charge in [0.15, 0.2) is 0 Å². The fraction of sp³-hybridized carbons (Fsp3) is 0.400. The lowest BCUT2D eigenvalue weighted by Crippen LogP contribution is -2.45. The van der Waals surface area contributed by atoms with E-state index in [9.17, 15) is 14.4 Å². The van der Waals surface area contributed by atoms with Crippen molar-refractivity contribution in [3.63, 3.8) is 0 Å². The summed E-state index contributed by atoms with van der Waals surface area (Å²) in [5.74, 6) is -1.41. The molecule has 0 aromatic heterocycles. The van der Waals surface area contributed by atoms with E-state index < -0.39 is 5.97 Å². The standard InChI is InChI=1S/C15H20N2O4/c1-12(18)17(11-7-3-6-10-14(19)20)16-15(21)13-8-4-2-5-9-13/h2,4-5,8-9H,3,6-7,10-11H2,1H3,(H,16,21)(H,19,20). The van der Waals surface area contributed by atoms with Crippen molar-refractivity contribution in [1.82, 2.24) is 10.4 Å². The van der Waals surface area contributed by atoms with Crippen LogP contribution in [0.2, 0.25) is 0 Å². The fourth-order valence-electron chi connectivity index (χ4n) is 1.79. The Morgan fingerprint density at radius 1 is 1.10 bits per heavy atom. The lowest BCUT2D eigenvalue weighted by atomic mass is 10.2. The molecule has 0 saturated carbocycles. The smallest absolute Gasteiger partial charge is 0.303 e. The lowest BCUT2D eigenvalue weighted by Gasteiger charge is -2.21. The van der Waals surface area contributed by atoms with Gasteiger partial charge in [0.2, 0.25) is 5.91 Å². The van der Waals surface area contributed by atoms with Crippen molar-refractivity contribution < 1.29 is 19.5 Å². The maximum absolute atomic E-state index is 12.0. The van der Waals surface area contributed by atoms with Gasteiger partial charge in [0.05, 0.1) is 0 Å². The molecule has 0 aliphatic carbocycles. The van der Waals surface area contributed by atoms with Crippen molar-refractivity contribution in [1.29, 1.82) is 0 Å². The van der Waals surface area contributed by atoms with E-state index in [1.807, 2.05) is 6.07 Å². The minimum Gasteiger partial charge on any atom is -0.481 e. The van der Waals surface area contributed by atoms with Crippen LogP contribution in [0.15, 0.2) is 30.3 Å². The first-order valence-electron chi connectivity index (χ1n) is 6.86. The van der Waals surface area contributed by atoms with E-state index in [0.29, 0.717) is 31.4 Å². The van der Waals surface area contributed by atoms with Crippen LogP contribution in [0.1, 0.15) is 43.0 Å². The zero-order valence-corrected chi connectivity index (χ0v) is 12.0. The number of hydrogen-bond acceptors (Lipinski definition) is 3. The average molecular weight is 292 g/mol. The highest BCUT2D eigenvalue weighted by Gasteiger charge is 2.13. The number of nitrogens with one attached hydrogen (secondary N) is 1. The molecule has 0 aliphatic rings. The number of nitrogens with zero attached hydrogens (tertiary/aromatic N) is 1. The SMILES string of the molecule is CC(=O)N(CCCCCC(=O)O)NC(=O)c1ccccc1. The Hall–Kier alpha value is -2.37. The number of aliphatic carboxylic acids is 1. The van der Waals surface area contributed by atoms with Gasteiger partial charge < -0.3 is 5.11 Å². The third kappa shape index (κ3) is 6.56. The predicted molar refractivity (Wildman–Crippen MR) is 77.4 cm³/mol. The Kier molecular flexibility index (Phi) is 6.94. The average Bonchev–Trinajstić information content (AvgIpc) is 2.45. The van der Waals surface area contributed by atoms with Crippen LogP contribution in [0.25, 0.3) is 0 Å². The van der Waals surface area contributed by atoms with Gasteiger partial charge in [0.25, 0.3) is 5.91 Å². The van der Waals surface area contributed by atoms with E-state index in [0.717, 1.165) is 0 Å². The summed E-state index contributed by atoms with van der Waals surface area (Å²) in [6.45, 7) is 1.75. The van der Waals surface area contributed by atoms with E-state index in [1.54, 1.807) is 24.3 Å². The monoisotopic (exact) mass is 292 g/mol. The summed E-state index contributed by atoms with van der Waals surface area (Å²) in [6.07, 6.45) is 2.02. The predicted octanol–water partition coefficient (Wildman–Crippen LogP) is 1.82. The Bertz CT molecular complexity index is 488. The number of carbonyl (C=O) groups excluding carboxylic acids is 2. The molecule has 21 heavy (non-hydrogen) atoms. The van der Waals surface area contributed by atoms with Gasteiger partial charge in [-0.3, -0.25) is 24.8 Å². The van der Waals surface area contributed by atoms with E-state index in [-0.39, 0.29) is 18.2 Å². The quantitative estimate of drug-likeness (QED) is 0.593. The molecule has 0 aliphatic heterocycles. The summed E-state index contributed by atoms with van der Waals surface area (Å²) >= 11 is 0. The van der Waals surface area contributed by atoms with Crippen molar-refractivity contribution in [2.24, 2.45) is 0 Å². The zero-order chi connectivity index (χ0) is 15.7. The molecule has 0 bridgehead atoms. The van der Waals surface area contributed by atoms with Gasteiger partial charge in [-0.15, -0.1) is 0 Å². The molecular formula is C15H20N2O4. The molecule has 0 radical (unpaired) electrons. The van der Waals surface area contributed by atoms with Gasteiger partial charge in [0, 0.05) is 25.5 Å². The molecule has 1 aromatic carbocycles. The highest BCUT2D eigenvalue weighted by molar-refractivity contribution is 5.95. The summed E-state index contributed by atoms with van der Waals surface area (Å²) < 4.78 is 0. The van der Waals surface area contributed by atoms with Crippen LogP contribution >= 0.6 is 0 Å². The van der Waals surface area contributed by atoms with Crippen molar-refractivity contribution in [3.05, 3.63) is 35.9 Å². The maximum Gasteiger partial charge on any atom is 0.303 e. The van der Waals surface area contributed by atoms with Crippen LogP contribution in [0.5, 0.6) is 0 Å². The van der Waals surface area contributed by atoms with Gasteiger partial charge >= 0.3 is 5.97 Å². The number of carbonyl (C=O) groups is 3. The van der Waals surface area contributed by atoms with Crippen molar-refractivity contribution >= 4 is 17.8 Å². The molecule has 0 saturated heterocycles. The molecule has 0 unspecified atom stereocenters. The summed E-state index contributed by atoms with van der Waals surface area (Å²) in [6, 6.07) is 8.64. The molecule has 1 rings (SSSR count). The summed E-state index contributed by atoms with van der Waals surface area (Å²) in [5, 5.41) is 9.79. The lowest BCUT2D eigenvalue weighted by molar-refractivity contribution is -0.137. The molecule has 0 fully saturated rings. The first-order valence-corrected chi connectivity index (χ1v) is 6.86. The van der Waals surface area contributed by atoms with Crippen LogP contribution < -0.4 is 5.43 Å². The maximum atomic E-state index is 12.0. The molecule has 1 aromatic rings. The number of hydrazine groups is 1. The number of carboxylic acids is 1. The van der Waals surface area contributed by atoms with Crippen molar-refractivity contribution in [2.45, 2.75) is 32.6 Å². The van der Waals surface area contributed by atoms with Gasteiger partial charge in [-0.05, 0) is 25.0 Å². The second-order valence-corrected chi connectivity index (χ2v) is 4.68. The third-order valence-electron chi connectivity index (χ3n) is 2.92. The Balaban J connectivity index is 2.41. The molecule has 6 nitrogen and oxygen atoms in total. The molecule has 2 N–H and O–H groups in total. The van der Waals surface area contributed by atoms with Gasteiger partial charge in [-0.25, -0.2) is 0 Å². The van der Waals surface area contributed by atoms with Gasteiger partial charge in [-0.2, -0.15) is 0 Å². The molecular weight excluding hydrogens is 272 g/mol. The Morgan fingerprint density at radius 2 is 1.76 bits per heavy atom. The number of carboxylic acid groups (broad SMARTS) is 1. The summed E-state index contributed by atoms with van der Waals surface area (Å²) in [7, 11) is 0. The number of amides is 2. The van der Waals surface area contributed by atoms with Crippen LogP contribution in [0, 0.1) is 0 Å². The highest BCUT2D eigenvalue weighted by Crippen LogP contribution is 2.03. The van der Waals surface area contributed by atoms with Crippen LogP contribution in [0.4, 0.5) is 0 Å². The minimum atomic E-state index is -0.823. The number of hydrogen-bond donors (Lipinski definition) is 2. The first-order chi connectivity index (χ1) is 10.0. The second-order valence-electron chi connectivity index (χ2n) is 4.68. The van der Waals surface area contributed by atoms with Crippen LogP contribution in [-0.2, 0) is 9.59 Å². The van der Waals surface area contributed by atoms with Crippen LogP contribution in [0.3, 0.4) is 0 Å². The molecule has 0 atom stereocenters. The number of benzene rings is 1. The summed E-state index contributed by atoms with van der Waals surface area (Å²) in [5.41, 5.74) is 3.04. The van der Waals surface area contributed by atoms with Crippen molar-refractivity contribution in [3.8, 4) is 0 Å². The Morgan fingerprint density at radius 3 is 2.33 bits per heavy atom. The minimum absolute atomic E-state index is 0.121. The highest BCUT2D eigenvalue weighted by atomic mass is 16.4. The van der Waals surface area contributed by atoms with E-state index in [4.69, 9.17) is 5.11 Å². The second kappa shape index (κ2) is 8.73. The zero-order valence-electron chi connectivity index (χ0n) is 12.0. The van der Waals surface area contributed by atoms with E-state index in [2.05, 4.69) is 5.43 Å². The third-order valence-corrected chi connectivity index (χ3v) is 2.92. The molecule has 2 amide bonds. The first kappa shape index (κ1) is 16.7. The Labute approximate surface area is 123 Å². The van der Waals surface area contributed by atoms with E-state index in [1.165, 1.54) is 11.9 Å². The normalized spacial score (nSPS) is 9.95. The number of unbranched alkanes of at least 4 members (excludes halogenated alkanes) is 2. The molecule has 0 spiro atoms. The topological polar surface area (TPSA) is 86.7 Å². The molecule has 0 heterocycles. The molecule has 6 heteroatoms. The fourth-order valence-corrected chi connectivity index (χ4v) is 1.79. The van der Waals surface area contributed by atoms with Crippen LogP contribution in [-0.4, -0.2) is 34.4 Å². The summed E-state index contributed by atoms with van der Waals surface area (Å²) in [4.78, 5) is 33.8. The van der Waals surface area contributed by atoms with E-state index >= 15 is 0 Å². The van der Waals surface area contributed by atoms with Gasteiger partial charge in [0.1, 0.15) is 0 Å². The van der Waals surface area contributed by atoms with Crippen molar-refractivity contribution in [2.75, 3.05) is 6.54 Å². The van der Waals surface area contributed by atoms with Gasteiger partial charge in [-0.1, -0.05) is 24.6 Å². The largest absolute Gasteiger partial charge is 0.481 e. The number of rotatable bonds is 7. The molecule has 114 valence electrons.